The molecule has 1 heteroatoms. The van der Waals surface area contributed by atoms with Crippen LogP contribution in [-0.2, 0) is 0 Å². The summed E-state index contributed by atoms with van der Waals surface area (Å²) in [5, 5.41) is 9.52. The molecule has 0 aromatic carbocycles. The van der Waals surface area contributed by atoms with Crippen molar-refractivity contribution in [2.24, 2.45) is 17.3 Å². The maximum atomic E-state index is 9.52. The van der Waals surface area contributed by atoms with Crippen LogP contribution in [0.15, 0.2) is 0 Å². The van der Waals surface area contributed by atoms with Crippen LogP contribution in [0.25, 0.3) is 0 Å². The highest BCUT2D eigenvalue weighted by Gasteiger charge is 2.31. The first kappa shape index (κ1) is 15.5. The first-order valence-electron chi connectivity index (χ1n) is 6.87. The van der Waals surface area contributed by atoms with Crippen molar-refractivity contribution in [3.63, 3.8) is 0 Å². The number of rotatable bonds is 8. The topological polar surface area (TPSA) is 23.8 Å². The molecule has 0 bridgehead atoms. The van der Waals surface area contributed by atoms with Gasteiger partial charge in [-0.25, -0.2) is 0 Å². The number of nitrogens with zero attached hydrogens (tertiary/aromatic N) is 1. The van der Waals surface area contributed by atoms with Gasteiger partial charge in [0, 0.05) is 0 Å². The van der Waals surface area contributed by atoms with E-state index in [9.17, 15) is 5.26 Å². The van der Waals surface area contributed by atoms with Gasteiger partial charge in [-0.05, 0) is 31.1 Å². The summed E-state index contributed by atoms with van der Waals surface area (Å²) in [7, 11) is 0. The van der Waals surface area contributed by atoms with E-state index in [2.05, 4.69) is 40.7 Å². The fraction of sp³-hybridized carbons (Fsp3) is 0.933. The molecule has 0 spiro atoms. The molecular formula is C15H29N. The van der Waals surface area contributed by atoms with Gasteiger partial charge in [-0.15, -0.1) is 0 Å². The van der Waals surface area contributed by atoms with Crippen molar-refractivity contribution in [1.82, 2.24) is 0 Å². The van der Waals surface area contributed by atoms with Crippen molar-refractivity contribution in [3.8, 4) is 6.07 Å². The minimum atomic E-state index is -0.0580. The lowest BCUT2D eigenvalue weighted by atomic mass is 9.72. The maximum Gasteiger partial charge on any atom is 0.0689 e. The molecule has 0 saturated carbocycles. The van der Waals surface area contributed by atoms with Crippen molar-refractivity contribution < 1.29 is 0 Å². The monoisotopic (exact) mass is 223 g/mol. The zero-order valence-electron chi connectivity index (χ0n) is 11.8. The fourth-order valence-electron chi connectivity index (χ4n) is 2.71. The summed E-state index contributed by atoms with van der Waals surface area (Å²) in [6.07, 6.45) is 6.93. The third-order valence-corrected chi connectivity index (χ3v) is 3.09. The molecular weight excluding hydrogens is 194 g/mol. The SMILES string of the molecule is CCCCCC(C#N)(CC(C)C)CC(C)C. The van der Waals surface area contributed by atoms with Gasteiger partial charge in [0.25, 0.3) is 0 Å². The summed E-state index contributed by atoms with van der Waals surface area (Å²) in [5.41, 5.74) is -0.0580. The van der Waals surface area contributed by atoms with E-state index in [1.165, 1.54) is 19.3 Å². The molecule has 1 nitrogen and oxygen atoms in total. The van der Waals surface area contributed by atoms with Crippen LogP contribution < -0.4 is 0 Å². The molecule has 94 valence electrons. The van der Waals surface area contributed by atoms with E-state index in [4.69, 9.17) is 0 Å². The molecule has 0 unspecified atom stereocenters. The van der Waals surface area contributed by atoms with Crippen molar-refractivity contribution in [1.29, 1.82) is 5.26 Å². The van der Waals surface area contributed by atoms with Crippen molar-refractivity contribution in [3.05, 3.63) is 0 Å². The molecule has 0 heterocycles. The Morgan fingerprint density at radius 2 is 1.50 bits per heavy atom. The smallest absolute Gasteiger partial charge is 0.0689 e. The molecule has 0 aromatic heterocycles. The molecule has 0 aliphatic rings. The van der Waals surface area contributed by atoms with Gasteiger partial charge >= 0.3 is 0 Å². The average Bonchev–Trinajstić information content (AvgIpc) is 2.16. The molecule has 0 N–H and O–H groups in total. The Hall–Kier alpha value is -0.510. The molecule has 0 radical (unpaired) electrons. The van der Waals surface area contributed by atoms with E-state index >= 15 is 0 Å². The van der Waals surface area contributed by atoms with Gasteiger partial charge < -0.3 is 0 Å². The molecule has 16 heavy (non-hydrogen) atoms. The highest BCUT2D eigenvalue weighted by molar-refractivity contribution is 4.99. The fourth-order valence-corrected chi connectivity index (χ4v) is 2.71. The van der Waals surface area contributed by atoms with Crippen LogP contribution in [0.2, 0.25) is 0 Å². The predicted molar refractivity (Wildman–Crippen MR) is 71.1 cm³/mol. The van der Waals surface area contributed by atoms with Crippen LogP contribution in [0.3, 0.4) is 0 Å². The van der Waals surface area contributed by atoms with Crippen LogP contribution in [0.4, 0.5) is 0 Å². The third-order valence-electron chi connectivity index (χ3n) is 3.09. The van der Waals surface area contributed by atoms with Crippen LogP contribution in [-0.4, -0.2) is 0 Å². The molecule has 0 rings (SSSR count). The molecule has 0 atom stereocenters. The third kappa shape index (κ3) is 6.16. The molecule has 0 aliphatic carbocycles. The van der Waals surface area contributed by atoms with E-state index in [1.54, 1.807) is 0 Å². The average molecular weight is 223 g/mol. The number of hydrogen-bond acceptors (Lipinski definition) is 1. The summed E-state index contributed by atoms with van der Waals surface area (Å²) in [5.74, 6) is 1.25. The Balaban J connectivity index is 4.49. The number of unbranched alkanes of at least 4 members (excludes halogenated alkanes) is 2. The molecule has 0 saturated heterocycles. The van der Waals surface area contributed by atoms with Gasteiger partial charge in [0.2, 0.25) is 0 Å². The quantitative estimate of drug-likeness (QED) is 0.521. The van der Waals surface area contributed by atoms with Crippen LogP contribution >= 0.6 is 0 Å². The zero-order valence-corrected chi connectivity index (χ0v) is 11.8. The zero-order chi connectivity index (χ0) is 12.6. The predicted octanol–water partition coefficient (Wildman–Crippen LogP) is 5.17. The van der Waals surface area contributed by atoms with Crippen molar-refractivity contribution in [2.75, 3.05) is 0 Å². The van der Waals surface area contributed by atoms with Gasteiger partial charge in [-0.3, -0.25) is 0 Å². The maximum absolute atomic E-state index is 9.52. The van der Waals surface area contributed by atoms with Gasteiger partial charge in [-0.1, -0.05) is 53.9 Å². The Bertz CT molecular complexity index is 200. The Morgan fingerprint density at radius 3 is 1.81 bits per heavy atom. The number of hydrogen-bond donors (Lipinski definition) is 0. The van der Waals surface area contributed by atoms with E-state index in [1.807, 2.05) is 0 Å². The lowest BCUT2D eigenvalue weighted by Crippen LogP contribution is -2.23. The standard InChI is InChI=1S/C15H29N/c1-6-7-8-9-15(12-16,10-13(2)3)11-14(4)5/h13-14H,6-11H2,1-5H3. The number of nitriles is 1. The highest BCUT2D eigenvalue weighted by Crippen LogP contribution is 2.38. The largest absolute Gasteiger partial charge is 0.198 e. The van der Waals surface area contributed by atoms with E-state index < -0.39 is 0 Å². The van der Waals surface area contributed by atoms with Gasteiger partial charge in [0.1, 0.15) is 0 Å². The summed E-state index contributed by atoms with van der Waals surface area (Å²) in [6, 6.07) is 2.64. The second-order valence-corrected chi connectivity index (χ2v) is 6.05. The van der Waals surface area contributed by atoms with Crippen molar-refractivity contribution in [2.45, 2.75) is 73.1 Å². The van der Waals surface area contributed by atoms with Gasteiger partial charge in [0.15, 0.2) is 0 Å². The Kier molecular flexibility index (Phi) is 7.47. The normalized spacial score (nSPS) is 12.1. The lowest BCUT2D eigenvalue weighted by molar-refractivity contribution is 0.231. The Morgan fingerprint density at radius 1 is 1.00 bits per heavy atom. The van der Waals surface area contributed by atoms with Crippen molar-refractivity contribution >= 4 is 0 Å². The van der Waals surface area contributed by atoms with Gasteiger partial charge in [-0.2, -0.15) is 5.26 Å². The molecule has 0 aromatic rings. The second-order valence-electron chi connectivity index (χ2n) is 6.05. The molecule has 0 amide bonds. The minimum absolute atomic E-state index is 0.0580. The lowest BCUT2D eigenvalue weighted by Gasteiger charge is -2.30. The first-order valence-corrected chi connectivity index (χ1v) is 6.87. The van der Waals surface area contributed by atoms with Gasteiger partial charge in [0.05, 0.1) is 11.5 Å². The molecule has 0 aliphatic heterocycles. The summed E-state index contributed by atoms with van der Waals surface area (Å²) in [6.45, 7) is 11.1. The molecule has 0 fully saturated rings. The summed E-state index contributed by atoms with van der Waals surface area (Å²) < 4.78 is 0. The van der Waals surface area contributed by atoms with E-state index in [0.29, 0.717) is 11.8 Å². The Labute approximate surface area is 102 Å². The highest BCUT2D eigenvalue weighted by atomic mass is 14.4. The van der Waals surface area contributed by atoms with E-state index in [-0.39, 0.29) is 5.41 Å². The van der Waals surface area contributed by atoms with Crippen LogP contribution in [0.1, 0.15) is 73.1 Å². The minimum Gasteiger partial charge on any atom is -0.198 e. The summed E-state index contributed by atoms with van der Waals surface area (Å²) >= 11 is 0. The second kappa shape index (κ2) is 7.71. The summed E-state index contributed by atoms with van der Waals surface area (Å²) in [4.78, 5) is 0. The van der Waals surface area contributed by atoms with Crippen LogP contribution in [0, 0.1) is 28.6 Å². The van der Waals surface area contributed by atoms with E-state index in [0.717, 1.165) is 19.3 Å². The first-order chi connectivity index (χ1) is 7.45. The van der Waals surface area contributed by atoms with Crippen LogP contribution in [0.5, 0.6) is 0 Å².